The lowest BCUT2D eigenvalue weighted by atomic mass is 9.91. The molecule has 0 aromatic heterocycles. The van der Waals surface area contributed by atoms with Gasteiger partial charge in [0.1, 0.15) is 0 Å². The van der Waals surface area contributed by atoms with E-state index in [9.17, 15) is 0 Å². The van der Waals surface area contributed by atoms with Crippen molar-refractivity contribution in [2.45, 2.75) is 69.6 Å². The summed E-state index contributed by atoms with van der Waals surface area (Å²) in [5.74, 6) is 1.00. The van der Waals surface area contributed by atoms with Crippen LogP contribution >= 0.6 is 0 Å². The molecule has 1 heterocycles. The average Bonchev–Trinajstić information content (AvgIpc) is 3.12. The van der Waals surface area contributed by atoms with Crippen molar-refractivity contribution in [2.24, 2.45) is 5.92 Å². The molecule has 3 atom stereocenters. The maximum Gasteiger partial charge on any atom is 0.0586 e. The quantitative estimate of drug-likeness (QED) is 0.799. The lowest BCUT2D eigenvalue weighted by molar-refractivity contribution is 0.0243. The van der Waals surface area contributed by atoms with E-state index in [1.54, 1.807) is 0 Å². The van der Waals surface area contributed by atoms with E-state index in [1.165, 1.54) is 71.0 Å². The van der Waals surface area contributed by atoms with Gasteiger partial charge in [0.25, 0.3) is 0 Å². The van der Waals surface area contributed by atoms with E-state index in [4.69, 9.17) is 4.74 Å². The predicted octanol–water partition coefficient (Wildman–Crippen LogP) is 2.41. The summed E-state index contributed by atoms with van der Waals surface area (Å²) >= 11 is 0. The number of ether oxygens (including phenoxy) is 1. The average molecular weight is 266 g/mol. The summed E-state index contributed by atoms with van der Waals surface area (Å²) in [6, 6.07) is 1.53. The van der Waals surface area contributed by atoms with E-state index in [-0.39, 0.29) is 0 Å². The van der Waals surface area contributed by atoms with Crippen molar-refractivity contribution in [3.8, 4) is 0 Å². The van der Waals surface area contributed by atoms with Crippen molar-refractivity contribution >= 4 is 0 Å². The Morgan fingerprint density at radius 3 is 2.63 bits per heavy atom. The van der Waals surface area contributed by atoms with Crippen LogP contribution in [-0.2, 0) is 4.74 Å². The first kappa shape index (κ1) is 13.8. The van der Waals surface area contributed by atoms with Crippen LogP contribution in [0.5, 0.6) is 0 Å². The summed E-state index contributed by atoms with van der Waals surface area (Å²) in [5.41, 5.74) is 0. The molecule has 0 amide bonds. The van der Waals surface area contributed by atoms with Gasteiger partial charge in [0.15, 0.2) is 0 Å². The van der Waals surface area contributed by atoms with Gasteiger partial charge >= 0.3 is 0 Å². The lowest BCUT2D eigenvalue weighted by Crippen LogP contribution is -2.47. The van der Waals surface area contributed by atoms with Gasteiger partial charge in [0.05, 0.1) is 6.10 Å². The van der Waals surface area contributed by atoms with Gasteiger partial charge in [-0.15, -0.1) is 0 Å². The van der Waals surface area contributed by atoms with E-state index in [0.717, 1.165) is 18.0 Å². The molecule has 0 bridgehead atoms. The molecule has 0 radical (unpaired) electrons. The molecule has 0 spiro atoms. The van der Waals surface area contributed by atoms with Crippen LogP contribution in [0, 0.1) is 5.92 Å². The molecular formula is C16H30N2O. The van der Waals surface area contributed by atoms with E-state index in [0.29, 0.717) is 6.10 Å². The molecule has 3 fully saturated rings. The van der Waals surface area contributed by atoms with Crippen molar-refractivity contribution in [2.75, 3.05) is 26.7 Å². The maximum atomic E-state index is 5.62. The molecule has 0 aromatic rings. The number of hydrogen-bond acceptors (Lipinski definition) is 3. The molecule has 3 heteroatoms. The second-order valence-corrected chi connectivity index (χ2v) is 6.87. The Labute approximate surface area is 118 Å². The van der Waals surface area contributed by atoms with Crippen LogP contribution < -0.4 is 5.32 Å². The first-order chi connectivity index (χ1) is 9.35. The second-order valence-electron chi connectivity index (χ2n) is 6.87. The summed E-state index contributed by atoms with van der Waals surface area (Å²) < 4.78 is 5.62. The highest BCUT2D eigenvalue weighted by atomic mass is 16.5. The fourth-order valence-electron chi connectivity index (χ4n) is 3.87. The predicted molar refractivity (Wildman–Crippen MR) is 78.4 cm³/mol. The fraction of sp³-hybridized carbons (Fsp3) is 1.00. The van der Waals surface area contributed by atoms with Crippen molar-refractivity contribution in [1.82, 2.24) is 10.2 Å². The Bertz CT molecular complexity index is 274. The second kappa shape index (κ2) is 6.55. The largest absolute Gasteiger partial charge is 0.381 e. The summed E-state index contributed by atoms with van der Waals surface area (Å²) in [7, 11) is 1.89. The standard InChI is InChI=1S/C16H30N2O/c1-19-16-6-2-5-15(10-16)18(11-13-7-8-13)12-14-4-3-9-17-14/h13-17H,2-12H2,1H3. The first-order valence-electron chi connectivity index (χ1n) is 8.35. The number of hydrogen-bond donors (Lipinski definition) is 1. The molecule has 0 aromatic carbocycles. The SMILES string of the molecule is COC1CCCC(N(CC2CC2)CC2CCCN2)C1. The van der Waals surface area contributed by atoms with Crippen LogP contribution in [0.25, 0.3) is 0 Å². The highest BCUT2D eigenvalue weighted by molar-refractivity contribution is 4.88. The van der Waals surface area contributed by atoms with Crippen LogP contribution in [0.15, 0.2) is 0 Å². The Morgan fingerprint density at radius 1 is 1.05 bits per heavy atom. The van der Waals surface area contributed by atoms with Gasteiger partial charge in [-0.2, -0.15) is 0 Å². The Morgan fingerprint density at radius 2 is 1.95 bits per heavy atom. The normalized spacial score (nSPS) is 36.0. The topological polar surface area (TPSA) is 24.5 Å². The van der Waals surface area contributed by atoms with Gasteiger partial charge in [-0.3, -0.25) is 4.90 Å². The number of nitrogens with one attached hydrogen (secondary N) is 1. The van der Waals surface area contributed by atoms with Crippen LogP contribution in [0.4, 0.5) is 0 Å². The third kappa shape index (κ3) is 3.93. The lowest BCUT2D eigenvalue weighted by Gasteiger charge is -2.38. The van der Waals surface area contributed by atoms with Crippen molar-refractivity contribution in [3.05, 3.63) is 0 Å². The Kier molecular flexibility index (Phi) is 4.78. The van der Waals surface area contributed by atoms with Gasteiger partial charge < -0.3 is 10.1 Å². The molecule has 3 nitrogen and oxygen atoms in total. The minimum atomic E-state index is 0.511. The summed E-state index contributed by atoms with van der Waals surface area (Å²) in [6.45, 7) is 3.85. The number of rotatable bonds is 6. The molecule has 3 unspecified atom stereocenters. The van der Waals surface area contributed by atoms with E-state index in [1.807, 2.05) is 7.11 Å². The minimum Gasteiger partial charge on any atom is -0.381 e. The van der Waals surface area contributed by atoms with Crippen molar-refractivity contribution in [3.63, 3.8) is 0 Å². The molecule has 1 aliphatic heterocycles. The first-order valence-corrected chi connectivity index (χ1v) is 8.35. The third-order valence-electron chi connectivity index (χ3n) is 5.26. The number of nitrogens with zero attached hydrogens (tertiary/aromatic N) is 1. The minimum absolute atomic E-state index is 0.511. The van der Waals surface area contributed by atoms with Crippen LogP contribution in [0.3, 0.4) is 0 Å². The van der Waals surface area contributed by atoms with Gasteiger partial charge in [0.2, 0.25) is 0 Å². The molecule has 19 heavy (non-hydrogen) atoms. The van der Waals surface area contributed by atoms with E-state index in [2.05, 4.69) is 10.2 Å². The van der Waals surface area contributed by atoms with Gasteiger partial charge in [0, 0.05) is 32.3 Å². The van der Waals surface area contributed by atoms with Crippen LogP contribution in [0.1, 0.15) is 51.4 Å². The van der Waals surface area contributed by atoms with E-state index < -0.39 is 0 Å². The zero-order valence-electron chi connectivity index (χ0n) is 12.4. The summed E-state index contributed by atoms with van der Waals surface area (Å²) in [6.07, 6.45) is 11.5. The molecule has 1 N–H and O–H groups in total. The van der Waals surface area contributed by atoms with Crippen LogP contribution in [-0.4, -0.2) is 49.8 Å². The molecular weight excluding hydrogens is 236 g/mol. The monoisotopic (exact) mass is 266 g/mol. The highest BCUT2D eigenvalue weighted by Gasteiger charge is 2.32. The van der Waals surface area contributed by atoms with Gasteiger partial charge in [-0.25, -0.2) is 0 Å². The Balaban J connectivity index is 1.56. The highest BCUT2D eigenvalue weighted by Crippen LogP contribution is 2.33. The van der Waals surface area contributed by atoms with E-state index >= 15 is 0 Å². The molecule has 2 saturated carbocycles. The zero-order chi connectivity index (χ0) is 13.1. The molecule has 3 aliphatic rings. The number of methoxy groups -OCH3 is 1. The van der Waals surface area contributed by atoms with Crippen molar-refractivity contribution < 1.29 is 4.74 Å². The summed E-state index contributed by atoms with van der Waals surface area (Å²) in [5, 5.41) is 3.67. The molecule has 1 saturated heterocycles. The maximum absolute atomic E-state index is 5.62. The van der Waals surface area contributed by atoms with Crippen molar-refractivity contribution in [1.29, 1.82) is 0 Å². The van der Waals surface area contributed by atoms with Gasteiger partial charge in [-0.05, 0) is 63.8 Å². The third-order valence-corrected chi connectivity index (χ3v) is 5.26. The molecule has 3 rings (SSSR count). The van der Waals surface area contributed by atoms with Gasteiger partial charge in [-0.1, -0.05) is 0 Å². The zero-order valence-corrected chi connectivity index (χ0v) is 12.4. The smallest absolute Gasteiger partial charge is 0.0586 e. The summed E-state index contributed by atoms with van der Waals surface area (Å²) in [4.78, 5) is 2.81. The van der Waals surface area contributed by atoms with Crippen LogP contribution in [0.2, 0.25) is 0 Å². The molecule has 110 valence electrons. The fourth-order valence-corrected chi connectivity index (χ4v) is 3.87. The Hall–Kier alpha value is -0.120. The molecule has 2 aliphatic carbocycles.